The lowest BCUT2D eigenvalue weighted by Crippen LogP contribution is -2.31. The second-order valence-electron chi connectivity index (χ2n) is 2.52. The highest BCUT2D eigenvalue weighted by molar-refractivity contribution is 6.29. The summed E-state index contributed by atoms with van der Waals surface area (Å²) in [6.45, 7) is 0.520. The van der Waals surface area contributed by atoms with Gasteiger partial charge in [-0.05, 0) is 0 Å². The van der Waals surface area contributed by atoms with Gasteiger partial charge in [-0.15, -0.1) is 0 Å². The molecule has 0 aliphatic carbocycles. The van der Waals surface area contributed by atoms with Crippen LogP contribution < -0.4 is 11.1 Å². The molecule has 3 N–H and O–H groups in total. The minimum Gasteiger partial charge on any atom is -0.370 e. The molecule has 0 saturated carbocycles. The van der Waals surface area contributed by atoms with Crippen LogP contribution in [0.5, 0.6) is 0 Å². The molecule has 0 radical (unpaired) electrons. The fourth-order valence-corrected chi connectivity index (χ4v) is 0.984. The number of nitrogens with one attached hydrogen (secondary N) is 1. The van der Waals surface area contributed by atoms with E-state index < -0.39 is 0 Å². The monoisotopic (exact) mass is 201 g/mol. The first-order valence-electron chi connectivity index (χ1n) is 3.77. The van der Waals surface area contributed by atoms with Gasteiger partial charge in [0.1, 0.15) is 11.0 Å². The highest BCUT2D eigenvalue weighted by atomic mass is 35.5. The Morgan fingerprint density at radius 2 is 2.54 bits per heavy atom. The van der Waals surface area contributed by atoms with Crippen LogP contribution in [0, 0.1) is 0 Å². The molecule has 0 amide bonds. The van der Waals surface area contributed by atoms with E-state index in [1.807, 2.05) is 7.05 Å². The number of nitrogens with zero attached hydrogens (tertiary/aromatic N) is 3. The molecular formula is C7H12ClN5. The van der Waals surface area contributed by atoms with Gasteiger partial charge in [0.25, 0.3) is 0 Å². The van der Waals surface area contributed by atoms with Crippen molar-refractivity contribution in [3.8, 4) is 0 Å². The van der Waals surface area contributed by atoms with E-state index >= 15 is 0 Å². The van der Waals surface area contributed by atoms with Crippen LogP contribution in [0.3, 0.4) is 0 Å². The molecule has 72 valence electrons. The molecule has 1 aromatic rings. The summed E-state index contributed by atoms with van der Waals surface area (Å²) in [7, 11) is 3.46. The zero-order valence-electron chi connectivity index (χ0n) is 7.58. The molecule has 1 rings (SSSR count). The Labute approximate surface area is 81.6 Å². The van der Waals surface area contributed by atoms with Gasteiger partial charge < -0.3 is 15.6 Å². The Balaban J connectivity index is 2.60. The third-order valence-corrected chi connectivity index (χ3v) is 2.05. The van der Waals surface area contributed by atoms with E-state index in [1.54, 1.807) is 17.8 Å². The van der Waals surface area contributed by atoms with E-state index in [1.165, 1.54) is 0 Å². The summed E-state index contributed by atoms with van der Waals surface area (Å²) in [5, 5.41) is 3.49. The van der Waals surface area contributed by atoms with Crippen LogP contribution in [0.15, 0.2) is 11.2 Å². The number of guanidine groups is 1. The van der Waals surface area contributed by atoms with Gasteiger partial charge in [-0.3, -0.25) is 4.99 Å². The summed E-state index contributed by atoms with van der Waals surface area (Å²) >= 11 is 5.79. The van der Waals surface area contributed by atoms with E-state index in [0.717, 1.165) is 5.82 Å². The van der Waals surface area contributed by atoms with Crippen molar-refractivity contribution in [1.82, 2.24) is 14.9 Å². The lowest BCUT2D eigenvalue weighted by molar-refractivity contribution is 0.747. The quantitative estimate of drug-likeness (QED) is 0.527. The van der Waals surface area contributed by atoms with E-state index in [2.05, 4.69) is 15.3 Å². The smallest absolute Gasteiger partial charge is 0.188 e. The zero-order chi connectivity index (χ0) is 9.84. The summed E-state index contributed by atoms with van der Waals surface area (Å²) in [5.41, 5.74) is 5.45. The third kappa shape index (κ3) is 2.35. The summed E-state index contributed by atoms with van der Waals surface area (Å²) in [5.74, 6) is 1.20. The molecule has 0 spiro atoms. The number of aliphatic imine (C=N–C) groups is 1. The van der Waals surface area contributed by atoms with Crippen molar-refractivity contribution in [1.29, 1.82) is 0 Å². The molecular weight excluding hydrogens is 190 g/mol. The van der Waals surface area contributed by atoms with Crippen LogP contribution in [0.2, 0.25) is 5.15 Å². The van der Waals surface area contributed by atoms with Crippen molar-refractivity contribution in [2.75, 3.05) is 7.05 Å². The number of aromatic nitrogens is 2. The van der Waals surface area contributed by atoms with Crippen LogP contribution in [0.4, 0.5) is 0 Å². The third-order valence-electron chi connectivity index (χ3n) is 1.70. The average molecular weight is 202 g/mol. The van der Waals surface area contributed by atoms with Crippen LogP contribution in [0.1, 0.15) is 5.82 Å². The Hall–Kier alpha value is -1.23. The van der Waals surface area contributed by atoms with Crippen molar-refractivity contribution in [3.63, 3.8) is 0 Å². The Bertz CT molecular complexity index is 317. The first-order valence-corrected chi connectivity index (χ1v) is 4.15. The van der Waals surface area contributed by atoms with Gasteiger partial charge in [-0.25, -0.2) is 4.98 Å². The maximum atomic E-state index is 5.79. The van der Waals surface area contributed by atoms with Crippen molar-refractivity contribution in [3.05, 3.63) is 17.2 Å². The molecule has 5 nitrogen and oxygen atoms in total. The number of imidazole rings is 1. The van der Waals surface area contributed by atoms with Crippen LogP contribution in [-0.2, 0) is 13.6 Å². The molecule has 0 aromatic carbocycles. The van der Waals surface area contributed by atoms with Gasteiger partial charge >= 0.3 is 0 Å². The van der Waals surface area contributed by atoms with Gasteiger partial charge in [0, 0.05) is 14.1 Å². The van der Waals surface area contributed by atoms with Crippen molar-refractivity contribution >= 4 is 17.6 Å². The van der Waals surface area contributed by atoms with Crippen LogP contribution in [-0.4, -0.2) is 22.6 Å². The molecule has 0 unspecified atom stereocenters. The number of halogens is 1. The predicted octanol–water partition coefficient (Wildman–Crippen LogP) is 0.108. The maximum Gasteiger partial charge on any atom is 0.188 e. The second kappa shape index (κ2) is 4.13. The highest BCUT2D eigenvalue weighted by Crippen LogP contribution is 2.08. The Morgan fingerprint density at radius 1 is 1.85 bits per heavy atom. The number of hydrogen-bond donors (Lipinski definition) is 2. The fraction of sp³-hybridized carbons (Fsp3) is 0.429. The van der Waals surface area contributed by atoms with Gasteiger partial charge in [0.2, 0.25) is 0 Å². The molecule has 0 saturated heterocycles. The largest absolute Gasteiger partial charge is 0.370 e. The lowest BCUT2D eigenvalue weighted by Gasteiger charge is -2.04. The molecule has 1 heterocycles. The van der Waals surface area contributed by atoms with Crippen LogP contribution >= 0.6 is 11.6 Å². The molecule has 0 atom stereocenters. The highest BCUT2D eigenvalue weighted by Gasteiger charge is 2.03. The summed E-state index contributed by atoms with van der Waals surface area (Å²) in [6.07, 6.45) is 1.60. The van der Waals surface area contributed by atoms with E-state index in [-0.39, 0.29) is 0 Å². The van der Waals surface area contributed by atoms with E-state index in [9.17, 15) is 0 Å². The van der Waals surface area contributed by atoms with Crippen LogP contribution in [0.25, 0.3) is 0 Å². The molecule has 6 heteroatoms. The number of rotatable bonds is 2. The molecule has 0 bridgehead atoms. The molecule has 13 heavy (non-hydrogen) atoms. The summed E-state index contributed by atoms with van der Waals surface area (Å²) < 4.78 is 1.78. The maximum absolute atomic E-state index is 5.79. The van der Waals surface area contributed by atoms with Gasteiger partial charge in [-0.1, -0.05) is 11.6 Å². The van der Waals surface area contributed by atoms with Crippen molar-refractivity contribution < 1.29 is 0 Å². The zero-order valence-corrected chi connectivity index (χ0v) is 8.34. The van der Waals surface area contributed by atoms with E-state index in [0.29, 0.717) is 17.7 Å². The van der Waals surface area contributed by atoms with Crippen molar-refractivity contribution in [2.45, 2.75) is 6.54 Å². The number of nitrogens with two attached hydrogens (primary N) is 1. The molecule has 0 aliphatic rings. The van der Waals surface area contributed by atoms with Crippen molar-refractivity contribution in [2.24, 2.45) is 17.8 Å². The van der Waals surface area contributed by atoms with Gasteiger partial charge in [0.05, 0.1) is 12.7 Å². The molecule has 0 aliphatic heterocycles. The standard InChI is InChI=1S/C7H12ClN5/c1-10-7(9)12-4-6-11-3-5(8)13(6)2/h3H,4H2,1-2H3,(H3,9,10,12). The summed E-state index contributed by atoms with van der Waals surface area (Å²) in [4.78, 5) is 7.83. The predicted molar refractivity (Wildman–Crippen MR) is 52.6 cm³/mol. The number of hydrogen-bond acceptors (Lipinski definition) is 2. The summed E-state index contributed by atoms with van der Waals surface area (Å²) in [6, 6.07) is 0. The SMILES string of the molecule is CN=C(N)NCc1ncc(Cl)n1C. The molecule has 1 aromatic heterocycles. The second-order valence-corrected chi connectivity index (χ2v) is 2.91. The average Bonchev–Trinajstić information content (AvgIpc) is 2.44. The Morgan fingerprint density at radius 3 is 3.00 bits per heavy atom. The first kappa shape index (κ1) is 9.85. The normalized spacial score (nSPS) is 11.8. The fourth-order valence-electron chi connectivity index (χ4n) is 0.837. The Kier molecular flexibility index (Phi) is 3.13. The first-order chi connectivity index (χ1) is 6.15. The minimum atomic E-state index is 0.388. The minimum absolute atomic E-state index is 0.388. The topological polar surface area (TPSA) is 68.2 Å². The van der Waals surface area contributed by atoms with E-state index in [4.69, 9.17) is 17.3 Å². The molecule has 0 fully saturated rings. The lowest BCUT2D eigenvalue weighted by atomic mass is 10.6. The van der Waals surface area contributed by atoms with Gasteiger partial charge in [0.15, 0.2) is 5.96 Å². The van der Waals surface area contributed by atoms with Gasteiger partial charge in [-0.2, -0.15) is 0 Å².